The van der Waals surface area contributed by atoms with E-state index in [2.05, 4.69) is 54.7 Å². The van der Waals surface area contributed by atoms with Crippen LogP contribution in [0.2, 0.25) is 0 Å². The number of nitrogens with one attached hydrogen (secondary N) is 1. The van der Waals surface area contributed by atoms with Crippen LogP contribution in [-0.2, 0) is 9.47 Å². The largest absolute Gasteiger partial charge is 0.376 e. The van der Waals surface area contributed by atoms with Crippen LogP contribution >= 0.6 is 0 Å². The van der Waals surface area contributed by atoms with Crippen LogP contribution in [0.1, 0.15) is 24.9 Å². The second-order valence-corrected chi connectivity index (χ2v) is 5.52. The fourth-order valence-electron chi connectivity index (χ4n) is 2.86. The molecule has 0 spiro atoms. The first kappa shape index (κ1) is 14.5. The predicted octanol–water partition coefficient (Wildman–Crippen LogP) is 3.30. The molecule has 1 heterocycles. The Kier molecular flexibility index (Phi) is 4.86. The summed E-state index contributed by atoms with van der Waals surface area (Å²) in [5.74, 6) is 0. The monoisotopic (exact) mass is 285 g/mol. The van der Waals surface area contributed by atoms with Gasteiger partial charge < -0.3 is 14.8 Å². The Bertz CT molecular complexity index is 578. The van der Waals surface area contributed by atoms with Gasteiger partial charge in [0.15, 0.2) is 0 Å². The van der Waals surface area contributed by atoms with E-state index in [0.29, 0.717) is 19.8 Å². The summed E-state index contributed by atoms with van der Waals surface area (Å²) in [6, 6.07) is 15.3. The average molecular weight is 285 g/mol. The van der Waals surface area contributed by atoms with Crippen molar-refractivity contribution in [3.63, 3.8) is 0 Å². The minimum Gasteiger partial charge on any atom is -0.376 e. The Balaban J connectivity index is 1.88. The summed E-state index contributed by atoms with van der Waals surface area (Å²) >= 11 is 0. The Labute approximate surface area is 126 Å². The fourth-order valence-corrected chi connectivity index (χ4v) is 2.86. The van der Waals surface area contributed by atoms with Crippen molar-refractivity contribution in [3.8, 4) is 0 Å². The topological polar surface area (TPSA) is 30.5 Å². The van der Waals surface area contributed by atoms with Gasteiger partial charge in [-0.3, -0.25) is 0 Å². The zero-order valence-electron chi connectivity index (χ0n) is 12.5. The maximum atomic E-state index is 5.92. The summed E-state index contributed by atoms with van der Waals surface area (Å²) in [4.78, 5) is 0. The quantitative estimate of drug-likeness (QED) is 0.914. The van der Waals surface area contributed by atoms with E-state index in [9.17, 15) is 0 Å². The van der Waals surface area contributed by atoms with Crippen LogP contribution in [-0.4, -0.2) is 32.5 Å². The SMILES string of the molecule is CCCNC(c1ccc2ccccc2c1)C1COCCO1. The molecule has 1 aliphatic heterocycles. The predicted molar refractivity (Wildman–Crippen MR) is 85.5 cm³/mol. The van der Waals surface area contributed by atoms with Gasteiger partial charge in [0, 0.05) is 0 Å². The minimum atomic E-state index is 0.0893. The van der Waals surface area contributed by atoms with Gasteiger partial charge in [-0.05, 0) is 35.4 Å². The highest BCUT2D eigenvalue weighted by Crippen LogP contribution is 2.25. The van der Waals surface area contributed by atoms with Crippen LogP contribution < -0.4 is 5.32 Å². The third-order valence-electron chi connectivity index (χ3n) is 3.96. The van der Waals surface area contributed by atoms with Crippen LogP contribution in [0.5, 0.6) is 0 Å². The van der Waals surface area contributed by atoms with Gasteiger partial charge in [-0.25, -0.2) is 0 Å². The third-order valence-corrected chi connectivity index (χ3v) is 3.96. The highest BCUT2D eigenvalue weighted by Gasteiger charge is 2.26. The molecule has 2 aromatic rings. The van der Waals surface area contributed by atoms with Crippen molar-refractivity contribution in [1.82, 2.24) is 5.32 Å². The first-order valence-corrected chi connectivity index (χ1v) is 7.80. The zero-order valence-corrected chi connectivity index (χ0v) is 12.5. The fraction of sp³-hybridized carbons (Fsp3) is 0.444. The maximum absolute atomic E-state index is 5.92. The molecule has 2 aromatic carbocycles. The molecular formula is C18H23NO2. The molecule has 0 radical (unpaired) electrons. The van der Waals surface area contributed by atoms with Crippen molar-refractivity contribution >= 4 is 10.8 Å². The molecule has 112 valence electrons. The number of hydrogen-bond donors (Lipinski definition) is 1. The lowest BCUT2D eigenvalue weighted by atomic mass is 9.97. The van der Waals surface area contributed by atoms with Crippen molar-refractivity contribution < 1.29 is 9.47 Å². The molecule has 1 fully saturated rings. The van der Waals surface area contributed by atoms with Crippen molar-refractivity contribution in [1.29, 1.82) is 0 Å². The summed E-state index contributed by atoms with van der Waals surface area (Å²) in [6.45, 7) is 5.21. The van der Waals surface area contributed by atoms with Gasteiger partial charge in [-0.2, -0.15) is 0 Å². The first-order valence-electron chi connectivity index (χ1n) is 7.80. The van der Waals surface area contributed by atoms with E-state index in [-0.39, 0.29) is 12.1 Å². The van der Waals surface area contributed by atoms with Gasteiger partial charge in [-0.1, -0.05) is 43.3 Å². The molecule has 2 unspecified atom stereocenters. The molecule has 3 rings (SSSR count). The normalized spacial score (nSPS) is 20.5. The van der Waals surface area contributed by atoms with Crippen LogP contribution in [0.3, 0.4) is 0 Å². The Morgan fingerprint density at radius 2 is 2.00 bits per heavy atom. The number of benzene rings is 2. The van der Waals surface area contributed by atoms with Gasteiger partial charge in [0.25, 0.3) is 0 Å². The second-order valence-electron chi connectivity index (χ2n) is 5.52. The molecule has 1 aliphatic rings. The van der Waals surface area contributed by atoms with Crippen molar-refractivity contribution in [2.24, 2.45) is 0 Å². The van der Waals surface area contributed by atoms with E-state index >= 15 is 0 Å². The Hall–Kier alpha value is -1.42. The highest BCUT2D eigenvalue weighted by atomic mass is 16.6. The number of ether oxygens (including phenoxy) is 2. The van der Waals surface area contributed by atoms with E-state index < -0.39 is 0 Å². The summed E-state index contributed by atoms with van der Waals surface area (Å²) in [5.41, 5.74) is 1.28. The molecule has 0 saturated carbocycles. The van der Waals surface area contributed by atoms with E-state index in [1.165, 1.54) is 16.3 Å². The van der Waals surface area contributed by atoms with Gasteiger partial charge in [0.05, 0.1) is 25.9 Å². The lowest BCUT2D eigenvalue weighted by Gasteiger charge is -2.31. The second kappa shape index (κ2) is 7.03. The molecule has 0 aliphatic carbocycles. The molecule has 0 bridgehead atoms. The first-order chi connectivity index (χ1) is 10.4. The van der Waals surface area contributed by atoms with Crippen LogP contribution in [0.25, 0.3) is 10.8 Å². The van der Waals surface area contributed by atoms with Crippen LogP contribution in [0.4, 0.5) is 0 Å². The minimum absolute atomic E-state index is 0.0893. The number of fused-ring (bicyclic) bond motifs is 1. The molecule has 3 nitrogen and oxygen atoms in total. The number of rotatable bonds is 5. The molecule has 0 aromatic heterocycles. The summed E-state index contributed by atoms with van der Waals surface area (Å²) in [7, 11) is 0. The van der Waals surface area contributed by atoms with Gasteiger partial charge in [-0.15, -0.1) is 0 Å². The molecule has 3 heteroatoms. The Morgan fingerprint density at radius 3 is 2.76 bits per heavy atom. The highest BCUT2D eigenvalue weighted by molar-refractivity contribution is 5.83. The van der Waals surface area contributed by atoms with Gasteiger partial charge >= 0.3 is 0 Å². The van der Waals surface area contributed by atoms with E-state index in [0.717, 1.165) is 13.0 Å². The Morgan fingerprint density at radius 1 is 1.14 bits per heavy atom. The van der Waals surface area contributed by atoms with Crippen molar-refractivity contribution in [2.45, 2.75) is 25.5 Å². The molecule has 21 heavy (non-hydrogen) atoms. The van der Waals surface area contributed by atoms with E-state index in [4.69, 9.17) is 9.47 Å². The maximum Gasteiger partial charge on any atom is 0.100 e. The van der Waals surface area contributed by atoms with Crippen molar-refractivity contribution in [2.75, 3.05) is 26.4 Å². The van der Waals surface area contributed by atoms with Gasteiger partial charge in [0.1, 0.15) is 6.10 Å². The molecule has 1 saturated heterocycles. The molecule has 2 atom stereocenters. The van der Waals surface area contributed by atoms with Crippen LogP contribution in [0, 0.1) is 0 Å². The summed E-state index contributed by atoms with van der Waals surface area (Å²) < 4.78 is 11.5. The van der Waals surface area contributed by atoms with Crippen molar-refractivity contribution in [3.05, 3.63) is 48.0 Å². The van der Waals surface area contributed by atoms with Gasteiger partial charge in [0.2, 0.25) is 0 Å². The van der Waals surface area contributed by atoms with E-state index in [1.54, 1.807) is 0 Å². The smallest absolute Gasteiger partial charge is 0.100 e. The van der Waals surface area contributed by atoms with E-state index in [1.807, 2.05) is 0 Å². The molecular weight excluding hydrogens is 262 g/mol. The lowest BCUT2D eigenvalue weighted by molar-refractivity contribution is -0.102. The molecule has 0 amide bonds. The average Bonchev–Trinajstić information content (AvgIpc) is 2.56. The zero-order chi connectivity index (χ0) is 14.5. The molecule has 1 N–H and O–H groups in total. The van der Waals surface area contributed by atoms with Crippen LogP contribution in [0.15, 0.2) is 42.5 Å². The lowest BCUT2D eigenvalue weighted by Crippen LogP contribution is -2.40. The summed E-state index contributed by atoms with van der Waals surface area (Å²) in [6.07, 6.45) is 1.20. The summed E-state index contributed by atoms with van der Waals surface area (Å²) in [5, 5.41) is 6.16. The standard InChI is InChI=1S/C18H23NO2/c1-2-9-19-18(17-13-20-10-11-21-17)16-8-7-14-5-3-4-6-15(14)12-16/h3-8,12,17-19H,2,9-11,13H2,1H3. The number of hydrogen-bond acceptors (Lipinski definition) is 3. The third kappa shape index (κ3) is 3.43.